The van der Waals surface area contributed by atoms with Crippen molar-refractivity contribution in [2.24, 2.45) is 5.73 Å². The van der Waals surface area contributed by atoms with Crippen molar-refractivity contribution in [2.45, 2.75) is 12.5 Å². The van der Waals surface area contributed by atoms with Crippen LogP contribution in [0.1, 0.15) is 5.56 Å². The smallest absolute Gasteiger partial charge is 0.320 e. The number of rotatable bonds is 3. The SMILES string of the molecule is NC(Cc1c[nH]c2ccccc12)C(=O)O.O.O. The van der Waals surface area contributed by atoms with Crippen LogP contribution in [0.2, 0.25) is 0 Å². The van der Waals surface area contributed by atoms with Gasteiger partial charge in [0.1, 0.15) is 6.04 Å². The minimum Gasteiger partial charge on any atom is -0.480 e. The molecule has 1 unspecified atom stereocenters. The van der Waals surface area contributed by atoms with E-state index in [-0.39, 0.29) is 11.0 Å². The zero-order valence-electron chi connectivity index (χ0n) is 9.10. The number of fused-ring (bicyclic) bond motifs is 1. The van der Waals surface area contributed by atoms with Crippen LogP contribution in [0.4, 0.5) is 0 Å². The first kappa shape index (κ1) is 15.1. The largest absolute Gasteiger partial charge is 0.480 e. The summed E-state index contributed by atoms with van der Waals surface area (Å²) in [4.78, 5) is 13.7. The van der Waals surface area contributed by atoms with Gasteiger partial charge in [-0.05, 0) is 11.6 Å². The van der Waals surface area contributed by atoms with Gasteiger partial charge in [0.15, 0.2) is 0 Å². The van der Waals surface area contributed by atoms with Crippen molar-refractivity contribution in [3.05, 3.63) is 36.0 Å². The molecule has 0 saturated heterocycles. The molecule has 0 spiro atoms. The third-order valence-corrected chi connectivity index (χ3v) is 2.43. The summed E-state index contributed by atoms with van der Waals surface area (Å²) in [6.07, 6.45) is 2.16. The molecular formula is C11H16N2O4. The van der Waals surface area contributed by atoms with Crippen LogP contribution in [0.25, 0.3) is 10.9 Å². The van der Waals surface area contributed by atoms with Crippen LogP contribution in [0.15, 0.2) is 30.5 Å². The highest BCUT2D eigenvalue weighted by molar-refractivity contribution is 5.84. The standard InChI is InChI=1S/C11H12N2O2.2H2O/c12-9(11(14)15)5-7-6-13-10-4-2-1-3-8(7)10;;/h1-4,6,9,13H,5,12H2,(H,14,15);2*1H2. The predicted molar refractivity (Wildman–Crippen MR) is 64.8 cm³/mol. The van der Waals surface area contributed by atoms with Crippen LogP contribution >= 0.6 is 0 Å². The Labute approximate surface area is 97.7 Å². The molecule has 1 atom stereocenters. The summed E-state index contributed by atoms with van der Waals surface area (Å²) in [7, 11) is 0. The number of H-pyrrole nitrogens is 1. The molecule has 0 bridgehead atoms. The molecule has 94 valence electrons. The van der Waals surface area contributed by atoms with Gasteiger partial charge in [0, 0.05) is 23.5 Å². The molecule has 1 aromatic carbocycles. The average molecular weight is 240 g/mol. The van der Waals surface area contributed by atoms with Gasteiger partial charge in [0.2, 0.25) is 0 Å². The van der Waals surface area contributed by atoms with Crippen molar-refractivity contribution in [3.8, 4) is 0 Å². The van der Waals surface area contributed by atoms with Crippen molar-refractivity contribution >= 4 is 16.9 Å². The second kappa shape index (κ2) is 6.00. The molecule has 2 aromatic rings. The maximum absolute atomic E-state index is 10.6. The molecule has 6 nitrogen and oxygen atoms in total. The molecule has 0 fully saturated rings. The van der Waals surface area contributed by atoms with Gasteiger partial charge in [0.05, 0.1) is 0 Å². The van der Waals surface area contributed by atoms with Gasteiger partial charge in [-0.2, -0.15) is 0 Å². The number of aromatic amines is 1. The van der Waals surface area contributed by atoms with Crippen LogP contribution in [-0.4, -0.2) is 33.1 Å². The maximum atomic E-state index is 10.6. The topological polar surface area (TPSA) is 142 Å². The van der Waals surface area contributed by atoms with Crippen LogP contribution < -0.4 is 5.73 Å². The molecule has 0 aliphatic rings. The molecule has 17 heavy (non-hydrogen) atoms. The molecule has 6 heteroatoms. The van der Waals surface area contributed by atoms with Crippen molar-refractivity contribution in [3.63, 3.8) is 0 Å². The van der Waals surface area contributed by atoms with Gasteiger partial charge in [-0.3, -0.25) is 4.79 Å². The van der Waals surface area contributed by atoms with Crippen LogP contribution in [0.3, 0.4) is 0 Å². The normalized spacial score (nSPS) is 11.4. The Bertz CT molecular complexity index is 495. The van der Waals surface area contributed by atoms with Gasteiger partial charge in [-0.1, -0.05) is 18.2 Å². The van der Waals surface area contributed by atoms with Gasteiger partial charge in [-0.15, -0.1) is 0 Å². The summed E-state index contributed by atoms with van der Waals surface area (Å²) in [5.41, 5.74) is 7.43. The van der Waals surface area contributed by atoms with Crippen molar-refractivity contribution in [1.29, 1.82) is 0 Å². The number of hydrogen-bond donors (Lipinski definition) is 3. The second-order valence-corrected chi connectivity index (χ2v) is 3.51. The number of carboxylic acids is 1. The molecule has 0 aliphatic heterocycles. The van der Waals surface area contributed by atoms with Crippen molar-refractivity contribution < 1.29 is 20.9 Å². The first-order valence-corrected chi connectivity index (χ1v) is 4.72. The number of nitrogens with two attached hydrogens (primary N) is 1. The number of para-hydroxylation sites is 1. The van der Waals surface area contributed by atoms with Crippen molar-refractivity contribution in [2.75, 3.05) is 0 Å². The summed E-state index contributed by atoms with van der Waals surface area (Å²) in [6.45, 7) is 0. The molecule has 2 rings (SSSR count). The lowest BCUT2D eigenvalue weighted by Gasteiger charge is -2.04. The highest BCUT2D eigenvalue weighted by Gasteiger charge is 2.14. The Balaban J connectivity index is 0.00000128. The van der Waals surface area contributed by atoms with Crippen LogP contribution in [-0.2, 0) is 11.2 Å². The fourth-order valence-electron chi connectivity index (χ4n) is 1.62. The van der Waals surface area contributed by atoms with E-state index in [0.29, 0.717) is 6.42 Å². The Kier molecular flexibility index (Phi) is 5.33. The van der Waals surface area contributed by atoms with E-state index in [0.717, 1.165) is 16.5 Å². The number of nitrogens with one attached hydrogen (secondary N) is 1. The quantitative estimate of drug-likeness (QED) is 0.663. The lowest BCUT2D eigenvalue weighted by Crippen LogP contribution is -2.32. The zero-order chi connectivity index (χ0) is 10.8. The number of aliphatic carboxylic acids is 1. The third kappa shape index (κ3) is 3.04. The van der Waals surface area contributed by atoms with E-state index < -0.39 is 12.0 Å². The molecule has 1 heterocycles. The zero-order valence-corrected chi connectivity index (χ0v) is 9.10. The Morgan fingerprint density at radius 3 is 2.65 bits per heavy atom. The Morgan fingerprint density at radius 1 is 1.35 bits per heavy atom. The predicted octanol–water partition coefficient (Wildman–Crippen LogP) is -0.527. The average Bonchev–Trinajstić information content (AvgIpc) is 2.62. The highest BCUT2D eigenvalue weighted by Crippen LogP contribution is 2.18. The van der Waals surface area contributed by atoms with Crippen LogP contribution in [0.5, 0.6) is 0 Å². The fraction of sp³-hybridized carbons (Fsp3) is 0.182. The molecule has 0 radical (unpaired) electrons. The van der Waals surface area contributed by atoms with E-state index in [9.17, 15) is 4.79 Å². The molecule has 0 aliphatic carbocycles. The van der Waals surface area contributed by atoms with Gasteiger partial charge < -0.3 is 26.8 Å². The minimum absolute atomic E-state index is 0. The van der Waals surface area contributed by atoms with E-state index in [1.54, 1.807) is 0 Å². The van der Waals surface area contributed by atoms with Crippen LogP contribution in [0, 0.1) is 0 Å². The van der Waals surface area contributed by atoms with Gasteiger partial charge >= 0.3 is 5.97 Å². The van der Waals surface area contributed by atoms with Crippen molar-refractivity contribution in [1.82, 2.24) is 4.98 Å². The molecule has 0 amide bonds. The number of carbonyl (C=O) groups is 1. The van der Waals surface area contributed by atoms with Gasteiger partial charge in [-0.25, -0.2) is 0 Å². The van der Waals surface area contributed by atoms with E-state index in [1.807, 2.05) is 30.5 Å². The molecule has 1 aromatic heterocycles. The number of hydrogen-bond acceptors (Lipinski definition) is 2. The molecule has 0 saturated carbocycles. The van der Waals surface area contributed by atoms with E-state index in [2.05, 4.69) is 4.98 Å². The number of benzene rings is 1. The number of carboxylic acid groups (broad SMARTS) is 1. The molecular weight excluding hydrogens is 224 g/mol. The Hall–Kier alpha value is -1.89. The monoisotopic (exact) mass is 240 g/mol. The molecule has 8 N–H and O–H groups in total. The first-order chi connectivity index (χ1) is 7.18. The summed E-state index contributed by atoms with van der Waals surface area (Å²) >= 11 is 0. The van der Waals surface area contributed by atoms with E-state index in [4.69, 9.17) is 10.8 Å². The summed E-state index contributed by atoms with van der Waals surface area (Å²) < 4.78 is 0. The van der Waals surface area contributed by atoms with E-state index in [1.165, 1.54) is 0 Å². The van der Waals surface area contributed by atoms with Gasteiger partial charge in [0.25, 0.3) is 0 Å². The lowest BCUT2D eigenvalue weighted by atomic mass is 10.1. The third-order valence-electron chi connectivity index (χ3n) is 2.43. The number of aromatic nitrogens is 1. The summed E-state index contributed by atoms with van der Waals surface area (Å²) in [5, 5.41) is 9.75. The lowest BCUT2D eigenvalue weighted by molar-refractivity contribution is -0.138. The Morgan fingerprint density at radius 2 is 2.00 bits per heavy atom. The fourth-order valence-corrected chi connectivity index (χ4v) is 1.62. The summed E-state index contributed by atoms with van der Waals surface area (Å²) in [6, 6.07) is 6.91. The first-order valence-electron chi connectivity index (χ1n) is 4.72. The maximum Gasteiger partial charge on any atom is 0.320 e. The minimum atomic E-state index is -0.972. The second-order valence-electron chi connectivity index (χ2n) is 3.51. The van der Waals surface area contributed by atoms with E-state index >= 15 is 0 Å². The highest BCUT2D eigenvalue weighted by atomic mass is 16.4. The summed E-state index contributed by atoms with van der Waals surface area (Å²) in [5.74, 6) is -0.972.